The molecule has 0 saturated heterocycles. The fraction of sp³-hybridized carbons (Fsp3) is 0.333. The van der Waals surface area contributed by atoms with Gasteiger partial charge in [0.05, 0.1) is 5.57 Å². The molecule has 0 atom stereocenters. The lowest BCUT2D eigenvalue weighted by atomic mass is 10.0. The normalized spacial score (nSPS) is 11.0. The Kier molecular flexibility index (Phi) is 4.51. The first-order chi connectivity index (χ1) is 5.99. The first-order valence-corrected chi connectivity index (χ1v) is 3.78. The molecule has 4 nitrogen and oxygen atoms in total. The van der Waals surface area contributed by atoms with E-state index in [4.69, 9.17) is 10.2 Å². The maximum atomic E-state index is 10.5. The molecule has 0 radical (unpaired) electrons. The number of hydrogen-bond donors (Lipinski definition) is 2. The zero-order valence-corrected chi connectivity index (χ0v) is 7.41. The molecule has 0 amide bonds. The van der Waals surface area contributed by atoms with Gasteiger partial charge in [-0.05, 0) is 18.9 Å². The van der Waals surface area contributed by atoms with Gasteiger partial charge in [0.15, 0.2) is 0 Å². The SMILES string of the molecule is C=C(CCC(=O)O)C(=CC)C(=O)O. The molecule has 0 aromatic heterocycles. The van der Waals surface area contributed by atoms with E-state index >= 15 is 0 Å². The molecule has 0 aromatic rings. The van der Waals surface area contributed by atoms with Gasteiger partial charge in [-0.25, -0.2) is 4.79 Å². The molecule has 0 rings (SSSR count). The molecule has 0 aliphatic rings. The van der Waals surface area contributed by atoms with Gasteiger partial charge in [0.2, 0.25) is 0 Å². The van der Waals surface area contributed by atoms with Crippen molar-refractivity contribution in [3.63, 3.8) is 0 Å². The molecule has 0 unspecified atom stereocenters. The summed E-state index contributed by atoms with van der Waals surface area (Å²) >= 11 is 0. The van der Waals surface area contributed by atoms with Crippen LogP contribution in [-0.4, -0.2) is 22.2 Å². The Labute approximate surface area is 76.2 Å². The molecule has 13 heavy (non-hydrogen) atoms. The largest absolute Gasteiger partial charge is 0.481 e. The zero-order chi connectivity index (χ0) is 10.4. The van der Waals surface area contributed by atoms with Crippen molar-refractivity contribution < 1.29 is 19.8 Å². The minimum absolute atomic E-state index is 0.0845. The third kappa shape index (κ3) is 4.10. The predicted molar refractivity (Wildman–Crippen MR) is 47.4 cm³/mol. The van der Waals surface area contributed by atoms with Crippen molar-refractivity contribution in [1.82, 2.24) is 0 Å². The van der Waals surface area contributed by atoms with Crippen LogP contribution in [0, 0.1) is 0 Å². The summed E-state index contributed by atoms with van der Waals surface area (Å²) in [5.41, 5.74) is 0.429. The molecular weight excluding hydrogens is 172 g/mol. The smallest absolute Gasteiger partial charge is 0.335 e. The van der Waals surface area contributed by atoms with E-state index in [1.807, 2.05) is 0 Å². The van der Waals surface area contributed by atoms with E-state index < -0.39 is 11.9 Å². The minimum Gasteiger partial charge on any atom is -0.481 e. The molecule has 0 heterocycles. The molecule has 0 fully saturated rings. The molecular formula is C9H12O4. The summed E-state index contributed by atoms with van der Waals surface area (Å²) in [5, 5.41) is 17.0. The summed E-state index contributed by atoms with van der Waals surface area (Å²) in [5.74, 6) is -2.03. The summed E-state index contributed by atoms with van der Waals surface area (Å²) < 4.78 is 0. The van der Waals surface area contributed by atoms with E-state index in [0.29, 0.717) is 5.57 Å². The predicted octanol–water partition coefficient (Wildman–Crippen LogP) is 1.44. The van der Waals surface area contributed by atoms with E-state index in [1.54, 1.807) is 6.92 Å². The lowest BCUT2D eigenvalue weighted by molar-refractivity contribution is -0.137. The number of carbonyl (C=O) groups is 2. The molecule has 72 valence electrons. The number of allylic oxidation sites excluding steroid dienone is 1. The van der Waals surface area contributed by atoms with Gasteiger partial charge in [-0.3, -0.25) is 4.79 Å². The number of rotatable bonds is 5. The average molecular weight is 184 g/mol. The highest BCUT2D eigenvalue weighted by atomic mass is 16.4. The summed E-state index contributed by atoms with van der Waals surface area (Å²) in [7, 11) is 0. The zero-order valence-electron chi connectivity index (χ0n) is 7.41. The Morgan fingerprint density at radius 3 is 2.15 bits per heavy atom. The highest BCUT2D eigenvalue weighted by molar-refractivity contribution is 5.91. The van der Waals surface area contributed by atoms with Gasteiger partial charge < -0.3 is 10.2 Å². The Morgan fingerprint density at radius 2 is 1.85 bits per heavy atom. The Balaban J connectivity index is 4.25. The van der Waals surface area contributed by atoms with Crippen LogP contribution in [0.4, 0.5) is 0 Å². The summed E-state index contributed by atoms with van der Waals surface area (Å²) in [4.78, 5) is 20.7. The molecule has 0 saturated carbocycles. The van der Waals surface area contributed by atoms with Gasteiger partial charge in [-0.1, -0.05) is 12.7 Å². The van der Waals surface area contributed by atoms with Crippen molar-refractivity contribution in [2.24, 2.45) is 0 Å². The Hall–Kier alpha value is -1.58. The highest BCUT2D eigenvalue weighted by Gasteiger charge is 2.10. The average Bonchev–Trinajstić information content (AvgIpc) is 2.01. The topological polar surface area (TPSA) is 74.6 Å². The minimum atomic E-state index is -1.07. The van der Waals surface area contributed by atoms with Crippen LogP contribution in [0.2, 0.25) is 0 Å². The van der Waals surface area contributed by atoms with Gasteiger partial charge in [0, 0.05) is 6.42 Å². The Morgan fingerprint density at radius 1 is 1.31 bits per heavy atom. The van der Waals surface area contributed by atoms with Crippen LogP contribution in [0.25, 0.3) is 0 Å². The number of aliphatic carboxylic acids is 2. The fourth-order valence-electron chi connectivity index (χ4n) is 0.871. The summed E-state index contributed by atoms with van der Waals surface area (Å²) in [6.45, 7) is 5.09. The quantitative estimate of drug-likeness (QED) is 0.500. The van der Waals surface area contributed by atoms with Crippen molar-refractivity contribution in [2.75, 3.05) is 0 Å². The standard InChI is InChI=1S/C9H12O4/c1-3-7(9(12)13)6(2)4-5-8(10)11/h3H,2,4-5H2,1H3,(H,10,11)(H,12,13). The molecule has 2 N–H and O–H groups in total. The maximum absolute atomic E-state index is 10.5. The molecule has 0 aliphatic heterocycles. The second-order valence-electron chi connectivity index (χ2n) is 2.50. The van der Waals surface area contributed by atoms with Gasteiger partial charge in [0.1, 0.15) is 0 Å². The van der Waals surface area contributed by atoms with E-state index in [2.05, 4.69) is 6.58 Å². The van der Waals surface area contributed by atoms with Crippen molar-refractivity contribution in [2.45, 2.75) is 19.8 Å². The van der Waals surface area contributed by atoms with Gasteiger partial charge >= 0.3 is 11.9 Å². The van der Waals surface area contributed by atoms with Crippen LogP contribution < -0.4 is 0 Å². The number of hydrogen-bond acceptors (Lipinski definition) is 2. The third-order valence-corrected chi connectivity index (χ3v) is 1.54. The van der Waals surface area contributed by atoms with Gasteiger partial charge in [0.25, 0.3) is 0 Å². The first-order valence-electron chi connectivity index (χ1n) is 3.78. The highest BCUT2D eigenvalue weighted by Crippen LogP contribution is 2.13. The second kappa shape index (κ2) is 5.13. The van der Waals surface area contributed by atoms with Crippen LogP contribution in [0.3, 0.4) is 0 Å². The number of carboxylic acids is 2. The lowest BCUT2D eigenvalue weighted by Crippen LogP contribution is -2.04. The van der Waals surface area contributed by atoms with Gasteiger partial charge in [-0.2, -0.15) is 0 Å². The van der Waals surface area contributed by atoms with Crippen LogP contribution in [0.1, 0.15) is 19.8 Å². The second-order valence-corrected chi connectivity index (χ2v) is 2.50. The van der Waals surface area contributed by atoms with E-state index in [-0.39, 0.29) is 18.4 Å². The molecule has 0 spiro atoms. The van der Waals surface area contributed by atoms with Crippen LogP contribution >= 0.6 is 0 Å². The number of carboxylic acid groups (broad SMARTS) is 2. The van der Waals surface area contributed by atoms with Crippen molar-refractivity contribution >= 4 is 11.9 Å². The van der Waals surface area contributed by atoms with E-state index in [1.165, 1.54) is 6.08 Å². The molecule has 0 bridgehead atoms. The van der Waals surface area contributed by atoms with Crippen LogP contribution in [0.15, 0.2) is 23.8 Å². The first kappa shape index (κ1) is 11.4. The van der Waals surface area contributed by atoms with Crippen molar-refractivity contribution in [3.8, 4) is 0 Å². The monoisotopic (exact) mass is 184 g/mol. The van der Waals surface area contributed by atoms with Crippen LogP contribution in [0.5, 0.6) is 0 Å². The molecule has 0 aromatic carbocycles. The molecule has 0 aliphatic carbocycles. The van der Waals surface area contributed by atoms with Crippen molar-refractivity contribution in [3.05, 3.63) is 23.8 Å². The lowest BCUT2D eigenvalue weighted by Gasteiger charge is -2.03. The third-order valence-electron chi connectivity index (χ3n) is 1.54. The molecule has 4 heteroatoms. The maximum Gasteiger partial charge on any atom is 0.335 e. The van der Waals surface area contributed by atoms with Crippen molar-refractivity contribution in [1.29, 1.82) is 0 Å². The fourth-order valence-corrected chi connectivity index (χ4v) is 0.871. The summed E-state index contributed by atoms with van der Waals surface area (Å²) in [6.07, 6.45) is 1.48. The Bertz CT molecular complexity index is 263. The van der Waals surface area contributed by atoms with Crippen LogP contribution in [-0.2, 0) is 9.59 Å². The van der Waals surface area contributed by atoms with E-state index in [0.717, 1.165) is 0 Å². The van der Waals surface area contributed by atoms with E-state index in [9.17, 15) is 9.59 Å². The van der Waals surface area contributed by atoms with Gasteiger partial charge in [-0.15, -0.1) is 0 Å². The summed E-state index contributed by atoms with van der Waals surface area (Å²) in [6, 6.07) is 0.